The predicted molar refractivity (Wildman–Crippen MR) is 133 cm³/mol. The Bertz CT molecular complexity index is 1170. The molecule has 0 aromatic carbocycles. The maximum atomic E-state index is 12.6. The Morgan fingerprint density at radius 2 is 2.06 bits per heavy atom. The molecule has 1 saturated heterocycles. The topological polar surface area (TPSA) is 103 Å². The average Bonchev–Trinajstić information content (AvgIpc) is 3.25. The van der Waals surface area contributed by atoms with Crippen molar-refractivity contribution in [1.82, 2.24) is 24.5 Å². The number of nitrogens with one attached hydrogen (secondary N) is 1. The minimum absolute atomic E-state index is 0.0217. The van der Waals surface area contributed by atoms with Crippen molar-refractivity contribution in [3.63, 3.8) is 0 Å². The Hall–Kier alpha value is -3.40. The van der Waals surface area contributed by atoms with Gasteiger partial charge in [-0.25, -0.2) is 14.3 Å². The lowest BCUT2D eigenvalue weighted by Gasteiger charge is -2.34. The normalized spacial score (nSPS) is 16.4. The summed E-state index contributed by atoms with van der Waals surface area (Å²) in [5, 5.41) is 7.96. The molecule has 10 heteroatoms. The standard InChI is InChI=1S/C25H34N6O4/c1-17-21(27-18-9-8-11-30(16-18)24(32)35-25(2,3)4)28-22(29-23(17)34-14-13-33-5)19-15-26-31-12-7-6-10-20(19)31/h6-7,10,12,15,18H,8-9,11,13-14,16H2,1-5H3,(H,27,28,29)/t18-/m1/s1. The summed E-state index contributed by atoms with van der Waals surface area (Å²) in [6.07, 6.45) is 5.13. The summed E-state index contributed by atoms with van der Waals surface area (Å²) in [4.78, 5) is 23.9. The van der Waals surface area contributed by atoms with Crippen molar-refractivity contribution in [1.29, 1.82) is 0 Å². The fourth-order valence-corrected chi connectivity index (χ4v) is 4.01. The monoisotopic (exact) mass is 482 g/mol. The summed E-state index contributed by atoms with van der Waals surface area (Å²) in [5.74, 6) is 1.69. The zero-order chi connectivity index (χ0) is 25.0. The number of carbonyl (C=O) groups excluding carboxylic acids is 1. The summed E-state index contributed by atoms with van der Waals surface area (Å²) in [7, 11) is 1.63. The highest BCUT2D eigenvalue weighted by Gasteiger charge is 2.28. The van der Waals surface area contributed by atoms with Gasteiger partial charge in [-0.1, -0.05) is 6.07 Å². The van der Waals surface area contributed by atoms with Crippen molar-refractivity contribution in [2.45, 2.75) is 52.2 Å². The Kier molecular flexibility index (Phi) is 7.39. The number of hydrogen-bond acceptors (Lipinski definition) is 8. The van der Waals surface area contributed by atoms with Crippen LogP contribution >= 0.6 is 0 Å². The maximum absolute atomic E-state index is 12.6. The molecule has 0 aliphatic carbocycles. The van der Waals surface area contributed by atoms with Crippen LogP contribution in [0.4, 0.5) is 10.6 Å². The number of amides is 1. The van der Waals surface area contributed by atoms with Crippen LogP contribution in [-0.4, -0.2) is 75.6 Å². The molecule has 1 fully saturated rings. The van der Waals surface area contributed by atoms with Crippen molar-refractivity contribution in [3.05, 3.63) is 36.2 Å². The molecular weight excluding hydrogens is 448 g/mol. The number of aromatic nitrogens is 4. The van der Waals surface area contributed by atoms with Crippen LogP contribution in [0, 0.1) is 6.92 Å². The van der Waals surface area contributed by atoms with Crippen LogP contribution in [-0.2, 0) is 9.47 Å². The zero-order valence-corrected chi connectivity index (χ0v) is 21.1. The van der Waals surface area contributed by atoms with Crippen molar-refractivity contribution < 1.29 is 19.0 Å². The first-order valence-corrected chi connectivity index (χ1v) is 11.9. The number of ether oxygens (including phenoxy) is 3. The summed E-state index contributed by atoms with van der Waals surface area (Å²) < 4.78 is 18.4. The van der Waals surface area contributed by atoms with Crippen LogP contribution in [0.2, 0.25) is 0 Å². The van der Waals surface area contributed by atoms with E-state index in [4.69, 9.17) is 24.2 Å². The van der Waals surface area contributed by atoms with E-state index in [1.807, 2.05) is 52.1 Å². The molecule has 4 rings (SSSR count). The number of fused-ring (bicyclic) bond motifs is 1. The van der Waals surface area contributed by atoms with E-state index < -0.39 is 5.60 Å². The molecule has 0 unspecified atom stereocenters. The first-order valence-electron chi connectivity index (χ1n) is 11.9. The summed E-state index contributed by atoms with van der Waals surface area (Å²) >= 11 is 0. The van der Waals surface area contributed by atoms with E-state index in [9.17, 15) is 4.79 Å². The second kappa shape index (κ2) is 10.5. The molecule has 1 N–H and O–H groups in total. The molecule has 1 aliphatic rings. The van der Waals surface area contributed by atoms with Gasteiger partial charge in [0.1, 0.15) is 18.0 Å². The molecule has 1 atom stereocenters. The Labute approximate surface area is 205 Å². The van der Waals surface area contributed by atoms with E-state index in [2.05, 4.69) is 10.4 Å². The van der Waals surface area contributed by atoms with Gasteiger partial charge in [0.2, 0.25) is 5.88 Å². The third-order valence-corrected chi connectivity index (χ3v) is 5.71. The molecule has 0 saturated carbocycles. The molecule has 0 spiro atoms. The molecule has 3 aromatic heterocycles. The molecular formula is C25H34N6O4. The highest BCUT2D eigenvalue weighted by Crippen LogP contribution is 2.30. The average molecular weight is 483 g/mol. The third kappa shape index (κ3) is 6.00. The number of piperidine rings is 1. The van der Waals surface area contributed by atoms with E-state index in [1.165, 1.54) is 0 Å². The maximum Gasteiger partial charge on any atom is 0.410 e. The highest BCUT2D eigenvalue weighted by atomic mass is 16.6. The lowest BCUT2D eigenvalue weighted by Crippen LogP contribution is -2.47. The Morgan fingerprint density at radius 3 is 2.83 bits per heavy atom. The number of anilines is 1. The van der Waals surface area contributed by atoms with Crippen LogP contribution in [0.15, 0.2) is 30.6 Å². The quantitative estimate of drug-likeness (QED) is 0.505. The van der Waals surface area contributed by atoms with Crippen molar-refractivity contribution >= 4 is 17.4 Å². The number of hydrogen-bond donors (Lipinski definition) is 1. The second-order valence-corrected chi connectivity index (χ2v) is 9.67. The Balaban J connectivity index is 1.61. The molecule has 10 nitrogen and oxygen atoms in total. The van der Waals surface area contributed by atoms with Crippen LogP contribution < -0.4 is 10.1 Å². The van der Waals surface area contributed by atoms with Gasteiger partial charge in [0, 0.05) is 32.4 Å². The van der Waals surface area contributed by atoms with Gasteiger partial charge >= 0.3 is 6.09 Å². The fourth-order valence-electron chi connectivity index (χ4n) is 4.01. The lowest BCUT2D eigenvalue weighted by atomic mass is 10.1. The van der Waals surface area contributed by atoms with E-state index in [1.54, 1.807) is 22.7 Å². The highest BCUT2D eigenvalue weighted by molar-refractivity contribution is 5.77. The summed E-state index contributed by atoms with van der Waals surface area (Å²) in [5.41, 5.74) is 1.98. The number of likely N-dealkylation sites (tertiary alicyclic amines) is 1. The van der Waals surface area contributed by atoms with E-state index in [0.717, 1.165) is 29.5 Å². The number of carbonyl (C=O) groups is 1. The number of pyridine rings is 1. The van der Waals surface area contributed by atoms with E-state index in [-0.39, 0.29) is 12.1 Å². The number of nitrogens with zero attached hydrogens (tertiary/aromatic N) is 5. The zero-order valence-electron chi connectivity index (χ0n) is 21.1. The number of rotatable bonds is 7. The van der Waals surface area contributed by atoms with Gasteiger partial charge in [0.15, 0.2) is 5.82 Å². The van der Waals surface area contributed by atoms with E-state index in [0.29, 0.717) is 43.8 Å². The van der Waals surface area contributed by atoms with Crippen molar-refractivity contribution in [3.8, 4) is 17.3 Å². The molecule has 1 aliphatic heterocycles. The van der Waals surface area contributed by atoms with Gasteiger partial charge in [-0.3, -0.25) is 0 Å². The predicted octanol–water partition coefficient (Wildman–Crippen LogP) is 3.94. The Morgan fingerprint density at radius 1 is 1.23 bits per heavy atom. The van der Waals surface area contributed by atoms with Gasteiger partial charge < -0.3 is 24.4 Å². The van der Waals surface area contributed by atoms with Gasteiger partial charge in [-0.05, 0) is 52.7 Å². The SMILES string of the molecule is COCCOc1nc(-c2cnn3ccccc23)nc(N[C@@H]2CCCN(C(=O)OC(C)(C)C)C2)c1C. The first-order chi connectivity index (χ1) is 16.7. The van der Waals surface area contributed by atoms with Gasteiger partial charge in [-0.15, -0.1) is 0 Å². The molecule has 1 amide bonds. The molecule has 188 valence electrons. The summed E-state index contributed by atoms with van der Waals surface area (Å²) in [6, 6.07) is 5.88. The molecule has 35 heavy (non-hydrogen) atoms. The fraction of sp³-hybridized carbons (Fsp3) is 0.520. The van der Waals surface area contributed by atoms with Crippen molar-refractivity contribution in [2.24, 2.45) is 0 Å². The van der Waals surface area contributed by atoms with Crippen LogP contribution in [0.25, 0.3) is 16.9 Å². The van der Waals surface area contributed by atoms with Gasteiger partial charge in [0.25, 0.3) is 0 Å². The molecule has 0 bridgehead atoms. The number of methoxy groups -OCH3 is 1. The van der Waals surface area contributed by atoms with Gasteiger partial charge in [-0.2, -0.15) is 10.1 Å². The van der Waals surface area contributed by atoms with Crippen molar-refractivity contribution in [2.75, 3.05) is 38.7 Å². The second-order valence-electron chi connectivity index (χ2n) is 9.67. The largest absolute Gasteiger partial charge is 0.475 e. The first kappa shape index (κ1) is 24.7. The van der Waals surface area contributed by atoms with Crippen LogP contribution in [0.1, 0.15) is 39.2 Å². The van der Waals surface area contributed by atoms with Crippen LogP contribution in [0.3, 0.4) is 0 Å². The lowest BCUT2D eigenvalue weighted by molar-refractivity contribution is 0.0206. The molecule has 3 aromatic rings. The molecule has 4 heterocycles. The molecule has 0 radical (unpaired) electrons. The van der Waals surface area contributed by atoms with E-state index >= 15 is 0 Å². The minimum atomic E-state index is -0.529. The third-order valence-electron chi connectivity index (χ3n) is 5.71. The van der Waals surface area contributed by atoms with Crippen LogP contribution in [0.5, 0.6) is 5.88 Å². The van der Waals surface area contributed by atoms with Gasteiger partial charge in [0.05, 0.1) is 29.4 Å². The summed E-state index contributed by atoms with van der Waals surface area (Å²) in [6.45, 7) is 9.59. The minimum Gasteiger partial charge on any atom is -0.475 e. The smallest absolute Gasteiger partial charge is 0.410 e.